The van der Waals surface area contributed by atoms with Crippen LogP contribution in [0.1, 0.15) is 56.0 Å². The second-order valence-corrected chi connectivity index (χ2v) is 12.3. The molecule has 1 fully saturated rings. The van der Waals surface area contributed by atoms with Gasteiger partial charge in [-0.05, 0) is 75.9 Å². The topological polar surface area (TPSA) is 162 Å². The molecule has 5 rings (SSSR count). The summed E-state index contributed by atoms with van der Waals surface area (Å²) in [5.41, 5.74) is 3.64. The Morgan fingerprint density at radius 2 is 1.78 bits per heavy atom. The number of aromatic amines is 1. The maximum Gasteiger partial charge on any atom is 0.410 e. The Morgan fingerprint density at radius 1 is 1.06 bits per heavy atom. The van der Waals surface area contributed by atoms with Crippen LogP contribution in [0.5, 0.6) is 11.5 Å². The minimum Gasteiger partial charge on any atom is -0.453 e. The fourth-order valence-corrected chi connectivity index (χ4v) is 5.04. The number of benzene rings is 2. The van der Waals surface area contributed by atoms with Gasteiger partial charge in [-0.1, -0.05) is 11.8 Å². The van der Waals surface area contributed by atoms with Crippen molar-refractivity contribution in [3.05, 3.63) is 105 Å². The number of ether oxygens (including phenoxy) is 2. The number of anilines is 2. The predicted octanol–water partition coefficient (Wildman–Crippen LogP) is 5.21. The van der Waals surface area contributed by atoms with E-state index >= 15 is 4.39 Å². The van der Waals surface area contributed by atoms with E-state index in [1.165, 1.54) is 36.5 Å². The van der Waals surface area contributed by atoms with Crippen LogP contribution in [0, 0.1) is 29.4 Å². The summed E-state index contributed by atoms with van der Waals surface area (Å²) in [5.74, 6) is 4.12. The SMILES string of the molecule is CC(C)(C)OC(=O)N1CCC(CC#Cc2c(Oc3ccc(NC(=O)c4c[nH]c(=O)n(-c5ccc(F)cc5)c4=O)cc3F)ccnc2N)CC1. The van der Waals surface area contributed by atoms with Gasteiger partial charge in [-0.3, -0.25) is 9.59 Å². The summed E-state index contributed by atoms with van der Waals surface area (Å²) in [6.45, 7) is 6.62. The molecule has 49 heavy (non-hydrogen) atoms. The Morgan fingerprint density at radius 3 is 2.45 bits per heavy atom. The Bertz CT molecular complexity index is 2050. The molecule has 4 N–H and O–H groups in total. The molecule has 0 atom stereocenters. The number of aromatic nitrogens is 3. The number of carbonyl (C=O) groups excluding carboxylic acids is 2. The second-order valence-electron chi connectivity index (χ2n) is 12.3. The van der Waals surface area contributed by atoms with Gasteiger partial charge in [-0.25, -0.2) is 27.9 Å². The highest BCUT2D eigenvalue weighted by atomic mass is 19.1. The number of nitrogens with two attached hydrogens (primary N) is 1. The summed E-state index contributed by atoms with van der Waals surface area (Å²) in [7, 11) is 0. The third-order valence-electron chi connectivity index (χ3n) is 7.53. The van der Waals surface area contributed by atoms with Gasteiger partial charge in [0.15, 0.2) is 11.6 Å². The van der Waals surface area contributed by atoms with Crippen LogP contribution in [-0.2, 0) is 4.74 Å². The summed E-state index contributed by atoms with van der Waals surface area (Å²) in [6, 6.07) is 9.70. The number of nitrogens with one attached hydrogen (secondary N) is 2. The molecule has 1 saturated heterocycles. The minimum atomic E-state index is -0.955. The van der Waals surface area contributed by atoms with Crippen molar-refractivity contribution >= 4 is 23.5 Å². The lowest BCUT2D eigenvalue weighted by Gasteiger charge is -2.32. The third-order valence-corrected chi connectivity index (χ3v) is 7.53. The molecule has 254 valence electrons. The quantitative estimate of drug-likeness (QED) is 0.235. The zero-order valence-corrected chi connectivity index (χ0v) is 27.0. The van der Waals surface area contributed by atoms with E-state index in [0.717, 1.165) is 37.2 Å². The first-order valence-corrected chi connectivity index (χ1v) is 15.4. The summed E-state index contributed by atoms with van der Waals surface area (Å²) in [6.07, 6.45) is 4.09. The summed E-state index contributed by atoms with van der Waals surface area (Å²) < 4.78 is 40.5. The monoisotopic (exact) mass is 672 g/mol. The molecule has 2 aromatic carbocycles. The molecule has 0 aliphatic carbocycles. The lowest BCUT2D eigenvalue weighted by Crippen LogP contribution is -2.41. The first-order chi connectivity index (χ1) is 23.3. The Labute approximate surface area is 279 Å². The molecular formula is C35H34F2N6O6. The number of piperidine rings is 1. The van der Waals surface area contributed by atoms with Gasteiger partial charge in [0.1, 0.15) is 34.1 Å². The van der Waals surface area contributed by atoms with Crippen LogP contribution in [0.3, 0.4) is 0 Å². The molecule has 14 heteroatoms. The number of amides is 2. The summed E-state index contributed by atoms with van der Waals surface area (Å²) >= 11 is 0. The standard InChI is InChI=1S/C35H34F2N6O6/c1-35(2,3)49-34(47)42-17-14-21(15-18-42)5-4-6-25-28(13-16-39-30(25)38)48-29-12-9-23(19-27(29)37)41-31(44)26-20-40-33(46)43(32(26)45)24-10-7-22(36)8-11-24/h7-13,16,19-21H,5,14-15,17-18H2,1-3H3,(H2,38,39)(H,40,46)(H,41,44). The molecule has 12 nitrogen and oxygen atoms in total. The molecule has 4 aromatic rings. The number of H-pyrrole nitrogens is 1. The highest BCUT2D eigenvalue weighted by Gasteiger charge is 2.26. The molecule has 0 radical (unpaired) electrons. The van der Waals surface area contributed by atoms with Crippen LogP contribution in [0.25, 0.3) is 5.69 Å². The molecule has 2 amide bonds. The van der Waals surface area contributed by atoms with Crippen molar-refractivity contribution in [2.75, 3.05) is 24.1 Å². The van der Waals surface area contributed by atoms with Crippen LogP contribution in [0.4, 0.5) is 25.1 Å². The molecule has 2 aromatic heterocycles. The minimum absolute atomic E-state index is 0.000700. The highest BCUT2D eigenvalue weighted by Crippen LogP contribution is 2.31. The average Bonchev–Trinajstić information content (AvgIpc) is 3.04. The van der Waals surface area contributed by atoms with Gasteiger partial charge >= 0.3 is 11.8 Å². The van der Waals surface area contributed by atoms with Gasteiger partial charge in [-0.15, -0.1) is 0 Å². The largest absolute Gasteiger partial charge is 0.453 e. The molecule has 0 bridgehead atoms. The molecule has 0 spiro atoms. The summed E-state index contributed by atoms with van der Waals surface area (Å²) in [4.78, 5) is 58.7. The smallest absolute Gasteiger partial charge is 0.410 e. The number of nitrogens with zero attached hydrogens (tertiary/aromatic N) is 3. The number of pyridine rings is 1. The molecule has 0 saturated carbocycles. The van der Waals surface area contributed by atoms with Crippen LogP contribution in [0.2, 0.25) is 0 Å². The van der Waals surface area contributed by atoms with Crippen molar-refractivity contribution < 1.29 is 27.8 Å². The number of rotatable bonds is 6. The van der Waals surface area contributed by atoms with Gasteiger partial charge in [0.25, 0.3) is 11.5 Å². The van der Waals surface area contributed by atoms with Gasteiger partial charge in [0, 0.05) is 49.7 Å². The number of likely N-dealkylation sites (tertiary alicyclic amines) is 1. The Balaban J connectivity index is 1.24. The van der Waals surface area contributed by atoms with E-state index in [1.54, 1.807) is 4.90 Å². The van der Waals surface area contributed by atoms with Crippen molar-refractivity contribution in [3.63, 3.8) is 0 Å². The molecule has 3 heterocycles. The number of halogens is 2. The van der Waals surface area contributed by atoms with Gasteiger partial charge in [0.2, 0.25) is 0 Å². The number of hydrogen-bond acceptors (Lipinski definition) is 8. The molecule has 1 aliphatic rings. The lowest BCUT2D eigenvalue weighted by atomic mass is 9.94. The second kappa shape index (κ2) is 14.4. The van der Waals surface area contributed by atoms with E-state index in [2.05, 4.69) is 27.1 Å². The van der Waals surface area contributed by atoms with Gasteiger partial charge in [0.05, 0.1) is 5.69 Å². The number of carbonyl (C=O) groups is 2. The number of hydrogen-bond donors (Lipinski definition) is 3. The maximum atomic E-state index is 15.2. The summed E-state index contributed by atoms with van der Waals surface area (Å²) in [5, 5.41) is 2.43. The average molecular weight is 673 g/mol. The molecule has 1 aliphatic heterocycles. The zero-order valence-electron chi connectivity index (χ0n) is 27.0. The normalized spacial score (nSPS) is 13.3. The zero-order chi connectivity index (χ0) is 35.3. The first-order valence-electron chi connectivity index (χ1n) is 15.4. The van der Waals surface area contributed by atoms with E-state index < -0.39 is 40.0 Å². The van der Waals surface area contributed by atoms with Crippen LogP contribution in [-0.4, -0.2) is 50.1 Å². The van der Waals surface area contributed by atoms with Crippen LogP contribution in [0.15, 0.2) is 70.5 Å². The van der Waals surface area contributed by atoms with E-state index in [4.69, 9.17) is 15.2 Å². The molecule has 0 unspecified atom stereocenters. The Kier molecular flexibility index (Phi) is 10.1. The predicted molar refractivity (Wildman–Crippen MR) is 178 cm³/mol. The van der Waals surface area contributed by atoms with Crippen molar-refractivity contribution in [3.8, 4) is 29.0 Å². The van der Waals surface area contributed by atoms with Gasteiger partial charge in [-0.2, -0.15) is 0 Å². The highest BCUT2D eigenvalue weighted by molar-refractivity contribution is 6.03. The number of nitrogen functional groups attached to an aromatic ring is 1. The van der Waals surface area contributed by atoms with Crippen molar-refractivity contribution in [2.24, 2.45) is 5.92 Å². The lowest BCUT2D eigenvalue weighted by molar-refractivity contribution is 0.0185. The first kappa shape index (κ1) is 34.4. The van der Waals surface area contributed by atoms with Crippen LogP contribution < -0.4 is 27.0 Å². The van der Waals surface area contributed by atoms with Crippen molar-refractivity contribution in [1.29, 1.82) is 0 Å². The van der Waals surface area contributed by atoms with Crippen molar-refractivity contribution in [2.45, 2.75) is 45.6 Å². The molecular weight excluding hydrogens is 638 g/mol. The van der Waals surface area contributed by atoms with Gasteiger partial charge < -0.3 is 30.4 Å². The van der Waals surface area contributed by atoms with E-state index in [0.29, 0.717) is 24.1 Å². The fourth-order valence-electron chi connectivity index (χ4n) is 5.04. The van der Waals surface area contributed by atoms with E-state index in [-0.39, 0.29) is 46.3 Å². The Hall–Kier alpha value is -5.97. The maximum absolute atomic E-state index is 15.2. The van der Waals surface area contributed by atoms with E-state index in [1.807, 2.05) is 20.8 Å². The third kappa shape index (κ3) is 8.50. The fraction of sp³-hybridized carbons (Fsp3) is 0.286. The van der Waals surface area contributed by atoms with Crippen molar-refractivity contribution in [1.82, 2.24) is 19.4 Å². The van der Waals surface area contributed by atoms with E-state index in [9.17, 15) is 23.6 Å². The van der Waals surface area contributed by atoms with Crippen LogP contribution >= 0.6 is 0 Å².